The highest BCUT2D eigenvalue weighted by atomic mass is 35.5. The van der Waals surface area contributed by atoms with Gasteiger partial charge < -0.3 is 10.1 Å². The van der Waals surface area contributed by atoms with E-state index in [1.54, 1.807) is 0 Å². The molecule has 0 unspecified atom stereocenters. The molecule has 0 radical (unpaired) electrons. The van der Waals surface area contributed by atoms with Crippen molar-refractivity contribution in [1.29, 1.82) is 0 Å². The van der Waals surface area contributed by atoms with Gasteiger partial charge in [0.25, 0.3) is 0 Å². The Kier molecular flexibility index (Phi) is 5.04. The Bertz CT molecular complexity index is 410. The number of anilines is 1. The fraction of sp³-hybridized carbons (Fsp3) is 0.417. The first-order valence-corrected chi connectivity index (χ1v) is 6.70. The fourth-order valence-electron chi connectivity index (χ4n) is 1.74. The van der Waals surface area contributed by atoms with E-state index in [9.17, 15) is 0 Å². The molecule has 1 saturated heterocycles. The van der Waals surface area contributed by atoms with Crippen molar-refractivity contribution in [3.63, 3.8) is 0 Å². The average molecular weight is 286 g/mol. The third kappa shape index (κ3) is 4.01. The number of thiocarbonyl (C=S) groups is 1. The van der Waals surface area contributed by atoms with Gasteiger partial charge in [-0.15, -0.1) is 0 Å². The zero-order chi connectivity index (χ0) is 12.8. The Morgan fingerprint density at radius 2 is 2.28 bits per heavy atom. The van der Waals surface area contributed by atoms with Crippen molar-refractivity contribution in [3.8, 4) is 0 Å². The highest BCUT2D eigenvalue weighted by Gasteiger charge is 2.15. The van der Waals surface area contributed by atoms with Crippen LogP contribution in [0.1, 0.15) is 12.8 Å². The molecular weight excluding hydrogens is 270 g/mol. The second-order valence-corrected chi connectivity index (χ2v) is 4.89. The lowest BCUT2D eigenvalue weighted by Crippen LogP contribution is -2.42. The van der Waals surface area contributed by atoms with Crippen LogP contribution in [0.15, 0.2) is 24.3 Å². The molecule has 18 heavy (non-hydrogen) atoms. The second kappa shape index (κ2) is 6.78. The first-order valence-electron chi connectivity index (χ1n) is 5.91. The molecule has 1 aliphatic rings. The van der Waals surface area contributed by atoms with E-state index in [2.05, 4.69) is 16.2 Å². The summed E-state index contributed by atoms with van der Waals surface area (Å²) in [4.78, 5) is 0. The monoisotopic (exact) mass is 285 g/mol. The molecule has 1 atom stereocenters. The van der Waals surface area contributed by atoms with Crippen LogP contribution in [0.2, 0.25) is 5.02 Å². The molecule has 6 heteroatoms. The number of nitrogens with one attached hydrogen (secondary N) is 3. The topological polar surface area (TPSA) is 45.3 Å². The molecule has 1 aromatic rings. The molecule has 1 aliphatic heterocycles. The molecule has 0 amide bonds. The average Bonchev–Trinajstić information content (AvgIpc) is 2.88. The quantitative estimate of drug-likeness (QED) is 0.585. The van der Waals surface area contributed by atoms with Crippen LogP contribution in [-0.4, -0.2) is 24.4 Å². The third-order valence-corrected chi connectivity index (χ3v) is 3.27. The maximum atomic E-state index is 6.00. The maximum absolute atomic E-state index is 6.00. The van der Waals surface area contributed by atoms with Crippen LogP contribution in [0, 0.1) is 0 Å². The van der Waals surface area contributed by atoms with E-state index in [1.165, 1.54) is 0 Å². The van der Waals surface area contributed by atoms with Crippen molar-refractivity contribution < 1.29 is 4.74 Å². The Balaban J connectivity index is 1.69. The minimum atomic E-state index is 0.269. The number of benzene rings is 1. The van der Waals surface area contributed by atoms with E-state index in [0.717, 1.165) is 31.7 Å². The molecule has 1 heterocycles. The number of rotatable bonds is 4. The van der Waals surface area contributed by atoms with Crippen molar-refractivity contribution >= 4 is 34.6 Å². The van der Waals surface area contributed by atoms with Crippen molar-refractivity contribution in [2.24, 2.45) is 0 Å². The molecule has 98 valence electrons. The van der Waals surface area contributed by atoms with Crippen LogP contribution in [-0.2, 0) is 4.74 Å². The van der Waals surface area contributed by atoms with Crippen molar-refractivity contribution in [3.05, 3.63) is 29.3 Å². The summed E-state index contributed by atoms with van der Waals surface area (Å²) in [5, 5.41) is 4.28. The van der Waals surface area contributed by atoms with Gasteiger partial charge in [-0.05, 0) is 37.2 Å². The number of hydrogen-bond donors (Lipinski definition) is 3. The molecule has 3 N–H and O–H groups in total. The molecule has 1 fully saturated rings. The Morgan fingerprint density at radius 3 is 3.00 bits per heavy atom. The van der Waals surface area contributed by atoms with Crippen molar-refractivity contribution in [2.75, 3.05) is 18.6 Å². The van der Waals surface area contributed by atoms with Crippen molar-refractivity contribution in [2.45, 2.75) is 18.9 Å². The molecule has 0 saturated carbocycles. The lowest BCUT2D eigenvalue weighted by molar-refractivity contribution is 0.114. The van der Waals surface area contributed by atoms with E-state index < -0.39 is 0 Å². The first-order chi connectivity index (χ1) is 8.75. The molecule has 0 aromatic heterocycles. The summed E-state index contributed by atoms with van der Waals surface area (Å²) in [5.74, 6) is 0. The van der Waals surface area contributed by atoms with Crippen LogP contribution in [0.25, 0.3) is 0 Å². The van der Waals surface area contributed by atoms with Gasteiger partial charge in [0.1, 0.15) is 0 Å². The van der Waals surface area contributed by atoms with E-state index in [0.29, 0.717) is 10.1 Å². The summed E-state index contributed by atoms with van der Waals surface area (Å²) < 4.78 is 5.49. The number of para-hydroxylation sites is 1. The minimum absolute atomic E-state index is 0.269. The predicted octanol–water partition coefficient (Wildman–Crippen LogP) is 2.31. The summed E-state index contributed by atoms with van der Waals surface area (Å²) in [6, 6.07) is 7.46. The van der Waals surface area contributed by atoms with Gasteiger partial charge in [0.05, 0.1) is 16.8 Å². The van der Waals surface area contributed by atoms with Crippen LogP contribution in [0.4, 0.5) is 5.69 Å². The predicted molar refractivity (Wildman–Crippen MR) is 77.8 cm³/mol. The second-order valence-electron chi connectivity index (χ2n) is 4.07. The number of hydrazine groups is 1. The summed E-state index contributed by atoms with van der Waals surface area (Å²) >= 11 is 11.1. The van der Waals surface area contributed by atoms with Crippen LogP contribution >= 0.6 is 23.8 Å². The van der Waals surface area contributed by atoms with Gasteiger partial charge in [0.15, 0.2) is 5.11 Å². The molecule has 1 aromatic carbocycles. The molecule has 0 aliphatic carbocycles. The van der Waals surface area contributed by atoms with Crippen LogP contribution in [0.5, 0.6) is 0 Å². The van der Waals surface area contributed by atoms with E-state index >= 15 is 0 Å². The molecular formula is C12H16ClN3OS. The Hall–Kier alpha value is -1.04. The van der Waals surface area contributed by atoms with Gasteiger partial charge in [-0.2, -0.15) is 0 Å². The highest BCUT2D eigenvalue weighted by Crippen LogP contribution is 2.19. The summed E-state index contributed by atoms with van der Waals surface area (Å²) in [6.45, 7) is 1.58. The fourth-order valence-corrected chi connectivity index (χ4v) is 2.06. The first kappa shape index (κ1) is 13.4. The maximum Gasteiger partial charge on any atom is 0.185 e. The van der Waals surface area contributed by atoms with Crippen LogP contribution < -0.4 is 16.2 Å². The largest absolute Gasteiger partial charge is 0.376 e. The lowest BCUT2D eigenvalue weighted by atomic mass is 10.2. The molecule has 0 spiro atoms. The number of halogens is 1. The standard InChI is InChI=1S/C12H16ClN3OS/c13-10-5-1-2-6-11(10)15-16-12(18)14-8-9-4-3-7-17-9/h1-2,5-6,9,15H,3-4,7-8H2,(H2,14,16,18)/t9-/m1/s1. The molecule has 2 rings (SSSR count). The Morgan fingerprint density at radius 1 is 1.44 bits per heavy atom. The third-order valence-electron chi connectivity index (χ3n) is 2.70. The highest BCUT2D eigenvalue weighted by molar-refractivity contribution is 7.80. The van der Waals surface area contributed by atoms with Gasteiger partial charge in [-0.3, -0.25) is 10.9 Å². The summed E-state index contributed by atoms with van der Waals surface area (Å²) in [5.41, 5.74) is 6.65. The molecule has 4 nitrogen and oxygen atoms in total. The summed E-state index contributed by atoms with van der Waals surface area (Å²) in [6.07, 6.45) is 2.49. The van der Waals surface area contributed by atoms with Gasteiger partial charge in [0.2, 0.25) is 0 Å². The Labute approximate surface area is 117 Å². The van der Waals surface area contributed by atoms with Gasteiger partial charge >= 0.3 is 0 Å². The van der Waals surface area contributed by atoms with Gasteiger partial charge in [0, 0.05) is 13.2 Å². The zero-order valence-electron chi connectivity index (χ0n) is 9.91. The van der Waals surface area contributed by atoms with E-state index in [4.69, 9.17) is 28.6 Å². The normalized spacial score (nSPS) is 18.4. The molecule has 0 bridgehead atoms. The van der Waals surface area contributed by atoms with Crippen LogP contribution in [0.3, 0.4) is 0 Å². The summed E-state index contributed by atoms with van der Waals surface area (Å²) in [7, 11) is 0. The van der Waals surface area contributed by atoms with E-state index in [-0.39, 0.29) is 6.10 Å². The SMILES string of the molecule is S=C(NC[C@H]1CCCO1)NNc1ccccc1Cl. The van der Waals surface area contributed by atoms with E-state index in [1.807, 2.05) is 24.3 Å². The van der Waals surface area contributed by atoms with Crippen molar-refractivity contribution in [1.82, 2.24) is 10.7 Å². The smallest absolute Gasteiger partial charge is 0.185 e. The minimum Gasteiger partial charge on any atom is -0.376 e. The number of ether oxygens (including phenoxy) is 1. The number of hydrogen-bond acceptors (Lipinski definition) is 3. The van der Waals surface area contributed by atoms with Gasteiger partial charge in [-0.1, -0.05) is 23.7 Å². The lowest BCUT2D eigenvalue weighted by Gasteiger charge is -2.15. The zero-order valence-corrected chi connectivity index (χ0v) is 11.5. The van der Waals surface area contributed by atoms with Gasteiger partial charge in [-0.25, -0.2) is 0 Å².